The summed E-state index contributed by atoms with van der Waals surface area (Å²) in [6, 6.07) is 12.6. The number of rotatable bonds is 6. The summed E-state index contributed by atoms with van der Waals surface area (Å²) in [5.74, 6) is 1.33. The number of benzene rings is 2. The van der Waals surface area contributed by atoms with E-state index >= 15 is 0 Å². The van der Waals surface area contributed by atoms with E-state index in [0.717, 1.165) is 17.5 Å². The van der Waals surface area contributed by atoms with Gasteiger partial charge in [-0.15, -0.1) is 0 Å². The molecule has 31 heavy (non-hydrogen) atoms. The first-order chi connectivity index (χ1) is 14.8. The van der Waals surface area contributed by atoms with E-state index in [1.807, 2.05) is 44.2 Å². The molecule has 8 heteroatoms. The standard InChI is InChI=1S/C23H28N2O5S/c1-3-17-4-7-19(8-5-17)31(27,28)25-12-10-23(2,11-13-25)22(26)24-15-18-6-9-20-21(14-18)30-16-29-20/h4-9,14H,3,10-13,15-16H2,1-2H3,(H,24,26). The van der Waals surface area contributed by atoms with Crippen LogP contribution in [0.15, 0.2) is 47.4 Å². The van der Waals surface area contributed by atoms with Crippen LogP contribution in [0.2, 0.25) is 0 Å². The van der Waals surface area contributed by atoms with Crippen molar-refractivity contribution < 1.29 is 22.7 Å². The molecule has 0 aliphatic carbocycles. The fourth-order valence-electron chi connectivity index (χ4n) is 3.94. The second-order valence-electron chi connectivity index (χ2n) is 8.33. The van der Waals surface area contributed by atoms with E-state index in [2.05, 4.69) is 5.32 Å². The van der Waals surface area contributed by atoms with E-state index in [4.69, 9.17) is 9.47 Å². The van der Waals surface area contributed by atoms with Gasteiger partial charge in [0.25, 0.3) is 0 Å². The molecule has 0 spiro atoms. The number of hydrogen-bond acceptors (Lipinski definition) is 5. The summed E-state index contributed by atoms with van der Waals surface area (Å²) in [4.78, 5) is 13.2. The van der Waals surface area contributed by atoms with Gasteiger partial charge in [-0.05, 0) is 54.7 Å². The lowest BCUT2D eigenvalue weighted by atomic mass is 9.80. The van der Waals surface area contributed by atoms with Crippen molar-refractivity contribution in [3.05, 3.63) is 53.6 Å². The van der Waals surface area contributed by atoms with Crippen molar-refractivity contribution in [2.45, 2.75) is 44.6 Å². The Morgan fingerprint density at radius 3 is 2.35 bits per heavy atom. The quantitative estimate of drug-likeness (QED) is 0.740. The highest BCUT2D eigenvalue weighted by Crippen LogP contribution is 2.35. The molecule has 1 amide bonds. The normalized spacial score (nSPS) is 18.0. The first-order valence-corrected chi connectivity index (χ1v) is 12.0. The van der Waals surface area contributed by atoms with Crippen molar-refractivity contribution >= 4 is 15.9 Å². The molecule has 2 aliphatic heterocycles. The molecule has 0 aromatic heterocycles. The van der Waals surface area contributed by atoms with E-state index in [9.17, 15) is 13.2 Å². The number of carbonyl (C=O) groups excluding carboxylic acids is 1. The van der Waals surface area contributed by atoms with Gasteiger partial charge in [0.15, 0.2) is 11.5 Å². The zero-order chi connectivity index (χ0) is 22.1. The van der Waals surface area contributed by atoms with Gasteiger partial charge in [0.2, 0.25) is 22.7 Å². The minimum absolute atomic E-state index is 0.0606. The molecule has 0 radical (unpaired) electrons. The van der Waals surface area contributed by atoms with Gasteiger partial charge in [0.1, 0.15) is 0 Å². The van der Waals surface area contributed by atoms with E-state index < -0.39 is 15.4 Å². The van der Waals surface area contributed by atoms with Gasteiger partial charge in [-0.2, -0.15) is 4.31 Å². The first-order valence-electron chi connectivity index (χ1n) is 10.6. The highest BCUT2D eigenvalue weighted by molar-refractivity contribution is 7.89. The van der Waals surface area contributed by atoms with Gasteiger partial charge in [-0.3, -0.25) is 4.79 Å². The van der Waals surface area contributed by atoms with Crippen molar-refractivity contribution in [2.24, 2.45) is 5.41 Å². The van der Waals surface area contributed by atoms with Gasteiger partial charge in [0, 0.05) is 25.0 Å². The summed E-state index contributed by atoms with van der Waals surface area (Å²) in [5, 5.41) is 3.00. The van der Waals surface area contributed by atoms with Crippen LogP contribution >= 0.6 is 0 Å². The average molecular weight is 445 g/mol. The minimum atomic E-state index is -3.55. The maximum absolute atomic E-state index is 13.0. The molecule has 2 aromatic carbocycles. The van der Waals surface area contributed by atoms with Crippen LogP contribution in [0.3, 0.4) is 0 Å². The molecule has 1 saturated heterocycles. The van der Waals surface area contributed by atoms with Crippen LogP contribution in [0.5, 0.6) is 11.5 Å². The Morgan fingerprint density at radius 2 is 1.68 bits per heavy atom. The maximum Gasteiger partial charge on any atom is 0.243 e. The van der Waals surface area contributed by atoms with Crippen molar-refractivity contribution in [1.82, 2.24) is 9.62 Å². The van der Waals surface area contributed by atoms with Crippen LogP contribution in [0.1, 0.15) is 37.8 Å². The van der Waals surface area contributed by atoms with E-state index in [1.165, 1.54) is 4.31 Å². The fourth-order valence-corrected chi connectivity index (χ4v) is 5.38. The molecule has 1 N–H and O–H groups in total. The van der Waals surface area contributed by atoms with Gasteiger partial charge in [0.05, 0.1) is 4.90 Å². The van der Waals surface area contributed by atoms with Crippen LogP contribution in [0, 0.1) is 5.41 Å². The summed E-state index contributed by atoms with van der Waals surface area (Å²) in [5.41, 5.74) is 1.43. The van der Waals surface area contributed by atoms with Gasteiger partial charge < -0.3 is 14.8 Å². The zero-order valence-corrected chi connectivity index (χ0v) is 18.7. The molecular formula is C23H28N2O5S. The minimum Gasteiger partial charge on any atom is -0.454 e. The van der Waals surface area contributed by atoms with Crippen LogP contribution in [0.4, 0.5) is 0 Å². The number of ether oxygens (including phenoxy) is 2. The first kappa shape index (κ1) is 21.6. The maximum atomic E-state index is 13.0. The number of amides is 1. The van der Waals surface area contributed by atoms with Crippen LogP contribution in [0.25, 0.3) is 0 Å². The fraction of sp³-hybridized carbons (Fsp3) is 0.435. The molecule has 1 fully saturated rings. The highest BCUT2D eigenvalue weighted by atomic mass is 32.2. The van der Waals surface area contributed by atoms with E-state index in [-0.39, 0.29) is 12.7 Å². The molecule has 2 aliphatic rings. The number of hydrogen-bond donors (Lipinski definition) is 1. The summed E-state index contributed by atoms with van der Waals surface area (Å²) >= 11 is 0. The number of piperidine rings is 1. The molecule has 2 aromatic rings. The molecule has 7 nitrogen and oxygen atoms in total. The average Bonchev–Trinajstić information content (AvgIpc) is 3.25. The Hall–Kier alpha value is -2.58. The third-order valence-corrected chi connectivity index (χ3v) is 8.15. The molecule has 2 heterocycles. The predicted octanol–water partition coefficient (Wildman–Crippen LogP) is 3.08. The van der Waals surface area contributed by atoms with Crippen LogP contribution in [-0.2, 0) is 27.8 Å². The summed E-state index contributed by atoms with van der Waals surface area (Å²) in [6.45, 7) is 5.19. The van der Waals surface area contributed by atoms with Crippen molar-refractivity contribution in [3.8, 4) is 11.5 Å². The topological polar surface area (TPSA) is 84.9 Å². The smallest absolute Gasteiger partial charge is 0.243 e. The Morgan fingerprint density at radius 1 is 1.03 bits per heavy atom. The Kier molecular flexibility index (Phi) is 5.94. The van der Waals surface area contributed by atoms with Crippen molar-refractivity contribution in [3.63, 3.8) is 0 Å². The van der Waals surface area contributed by atoms with E-state index in [1.54, 1.807) is 12.1 Å². The SMILES string of the molecule is CCc1ccc(S(=O)(=O)N2CCC(C)(C(=O)NCc3ccc4c(c3)OCO4)CC2)cc1. The second-order valence-corrected chi connectivity index (χ2v) is 10.3. The molecule has 0 atom stereocenters. The van der Waals surface area contributed by atoms with Crippen LogP contribution < -0.4 is 14.8 Å². The third kappa shape index (κ3) is 4.41. The van der Waals surface area contributed by atoms with Crippen LogP contribution in [-0.4, -0.2) is 38.5 Å². The molecule has 0 saturated carbocycles. The number of fused-ring (bicyclic) bond motifs is 1. The largest absolute Gasteiger partial charge is 0.454 e. The third-order valence-electron chi connectivity index (χ3n) is 6.23. The Bertz CT molecular complexity index is 1060. The summed E-state index contributed by atoms with van der Waals surface area (Å²) < 4.78 is 38.1. The second kappa shape index (κ2) is 8.51. The van der Waals surface area contributed by atoms with Crippen molar-refractivity contribution in [1.29, 1.82) is 0 Å². The number of aryl methyl sites for hydroxylation is 1. The molecule has 166 valence electrons. The molecule has 4 rings (SSSR count). The Balaban J connectivity index is 1.35. The van der Waals surface area contributed by atoms with Gasteiger partial charge in [-0.25, -0.2) is 8.42 Å². The van der Waals surface area contributed by atoms with Crippen molar-refractivity contribution in [2.75, 3.05) is 19.9 Å². The number of carbonyl (C=O) groups is 1. The molecule has 0 bridgehead atoms. The zero-order valence-electron chi connectivity index (χ0n) is 17.9. The van der Waals surface area contributed by atoms with E-state index in [0.29, 0.717) is 48.9 Å². The van der Waals surface area contributed by atoms with Gasteiger partial charge >= 0.3 is 0 Å². The number of nitrogens with one attached hydrogen (secondary N) is 1. The molecular weight excluding hydrogens is 416 g/mol. The lowest BCUT2D eigenvalue weighted by Crippen LogP contribution is -2.48. The monoisotopic (exact) mass is 444 g/mol. The lowest BCUT2D eigenvalue weighted by Gasteiger charge is -2.37. The molecule has 0 unspecified atom stereocenters. The van der Waals surface area contributed by atoms with Gasteiger partial charge in [-0.1, -0.05) is 32.0 Å². The number of nitrogens with zero attached hydrogens (tertiary/aromatic N) is 1. The Labute approximate surface area is 183 Å². The lowest BCUT2D eigenvalue weighted by molar-refractivity contribution is -0.132. The summed E-state index contributed by atoms with van der Waals surface area (Å²) in [6.07, 6.45) is 1.82. The highest BCUT2D eigenvalue weighted by Gasteiger charge is 2.40. The summed E-state index contributed by atoms with van der Waals surface area (Å²) in [7, 11) is -3.55. The predicted molar refractivity (Wildman–Crippen MR) is 116 cm³/mol. The number of sulfonamides is 1.